The van der Waals surface area contributed by atoms with E-state index >= 15 is 0 Å². The van der Waals surface area contributed by atoms with Crippen molar-refractivity contribution in [3.63, 3.8) is 0 Å². The predicted molar refractivity (Wildman–Crippen MR) is 47.4 cm³/mol. The van der Waals surface area contributed by atoms with Crippen LogP contribution in [-0.2, 0) is 0 Å². The van der Waals surface area contributed by atoms with Gasteiger partial charge in [-0.25, -0.2) is 9.78 Å². The van der Waals surface area contributed by atoms with Gasteiger partial charge in [0.15, 0.2) is 11.5 Å². The molecule has 1 aromatic heterocycles. The molecule has 0 radical (unpaired) electrons. The summed E-state index contributed by atoms with van der Waals surface area (Å²) < 4.78 is 5.11. The number of hydrogen-bond donors (Lipinski definition) is 2. The maximum absolute atomic E-state index is 10.8. The van der Waals surface area contributed by atoms with Crippen molar-refractivity contribution in [2.45, 2.75) is 6.92 Å². The first-order chi connectivity index (χ1) is 6.58. The number of phenols is 1. The third kappa shape index (κ3) is 1.19. The molecule has 0 bridgehead atoms. The lowest BCUT2D eigenvalue weighted by atomic mass is 10.2. The summed E-state index contributed by atoms with van der Waals surface area (Å²) >= 11 is 0. The highest BCUT2D eigenvalue weighted by molar-refractivity contribution is 6.00. The van der Waals surface area contributed by atoms with Gasteiger partial charge in [-0.1, -0.05) is 0 Å². The fourth-order valence-corrected chi connectivity index (χ4v) is 1.29. The van der Waals surface area contributed by atoms with E-state index in [1.807, 2.05) is 0 Å². The molecule has 0 aliphatic carbocycles. The molecule has 72 valence electrons. The lowest BCUT2D eigenvalue weighted by molar-refractivity contribution is 0.0697. The number of aryl methyl sites for hydroxylation is 1. The van der Waals surface area contributed by atoms with Gasteiger partial charge in [-0.3, -0.25) is 0 Å². The van der Waals surface area contributed by atoms with Gasteiger partial charge in [0.25, 0.3) is 0 Å². The van der Waals surface area contributed by atoms with E-state index in [0.29, 0.717) is 11.4 Å². The number of aromatic nitrogens is 1. The summed E-state index contributed by atoms with van der Waals surface area (Å²) in [5, 5.41) is 18.0. The number of fused-ring (bicyclic) bond motifs is 1. The summed E-state index contributed by atoms with van der Waals surface area (Å²) in [7, 11) is 0. The van der Waals surface area contributed by atoms with E-state index in [1.54, 1.807) is 6.92 Å². The minimum atomic E-state index is -1.15. The molecule has 0 fully saturated rings. The summed E-state index contributed by atoms with van der Waals surface area (Å²) in [5.74, 6) is -0.918. The van der Waals surface area contributed by atoms with Crippen LogP contribution in [0.5, 0.6) is 5.75 Å². The highest BCUT2D eigenvalue weighted by Gasteiger charge is 2.15. The van der Waals surface area contributed by atoms with Gasteiger partial charge in [-0.15, -0.1) is 0 Å². The van der Waals surface area contributed by atoms with Crippen LogP contribution in [0, 0.1) is 6.92 Å². The maximum atomic E-state index is 10.8. The van der Waals surface area contributed by atoms with Crippen LogP contribution in [0.1, 0.15) is 16.2 Å². The monoisotopic (exact) mass is 193 g/mol. The fraction of sp³-hybridized carbons (Fsp3) is 0.111. The Morgan fingerprint density at radius 3 is 2.86 bits per heavy atom. The number of aromatic carboxylic acids is 1. The summed E-state index contributed by atoms with van der Waals surface area (Å²) in [6.45, 7) is 1.61. The number of oxazole rings is 1. The number of carbonyl (C=O) groups is 1. The van der Waals surface area contributed by atoms with E-state index in [4.69, 9.17) is 9.52 Å². The Balaban J connectivity index is 2.85. The number of rotatable bonds is 1. The zero-order valence-electron chi connectivity index (χ0n) is 7.31. The molecule has 0 aliphatic heterocycles. The molecule has 0 aliphatic rings. The van der Waals surface area contributed by atoms with Crippen LogP contribution in [0.25, 0.3) is 11.1 Å². The van der Waals surface area contributed by atoms with Crippen molar-refractivity contribution in [1.29, 1.82) is 0 Å². The lowest BCUT2D eigenvalue weighted by Crippen LogP contribution is -1.96. The molecule has 1 aromatic carbocycles. The normalized spacial score (nSPS) is 10.6. The molecule has 0 atom stereocenters. The summed E-state index contributed by atoms with van der Waals surface area (Å²) in [4.78, 5) is 14.7. The van der Waals surface area contributed by atoms with Crippen molar-refractivity contribution >= 4 is 17.1 Å². The maximum Gasteiger partial charge on any atom is 0.339 e. The molecule has 0 saturated carbocycles. The zero-order chi connectivity index (χ0) is 10.3. The molecular formula is C9H7NO4. The van der Waals surface area contributed by atoms with E-state index < -0.39 is 5.97 Å². The van der Waals surface area contributed by atoms with E-state index in [0.717, 1.165) is 6.07 Å². The first kappa shape index (κ1) is 8.55. The van der Waals surface area contributed by atoms with Gasteiger partial charge in [0, 0.05) is 13.0 Å². The second kappa shape index (κ2) is 2.73. The number of benzene rings is 1. The molecule has 2 N–H and O–H groups in total. The number of phenolic OH excluding ortho intramolecular Hbond substituents is 1. The van der Waals surface area contributed by atoms with E-state index in [-0.39, 0.29) is 16.9 Å². The van der Waals surface area contributed by atoms with E-state index in [2.05, 4.69) is 4.98 Å². The Hall–Kier alpha value is -2.04. The molecule has 5 heteroatoms. The molecule has 1 heterocycles. The largest absolute Gasteiger partial charge is 0.508 e. The topological polar surface area (TPSA) is 83.6 Å². The minimum absolute atomic E-state index is 0.0828. The predicted octanol–water partition coefficient (Wildman–Crippen LogP) is 1.54. The van der Waals surface area contributed by atoms with Crippen molar-refractivity contribution < 1.29 is 19.4 Å². The molecule has 5 nitrogen and oxygen atoms in total. The zero-order valence-corrected chi connectivity index (χ0v) is 7.31. The van der Waals surface area contributed by atoms with E-state index in [1.165, 1.54) is 6.07 Å². The molecular weight excluding hydrogens is 186 g/mol. The first-order valence-corrected chi connectivity index (χ1v) is 3.91. The average Bonchev–Trinajstić information content (AvgIpc) is 2.42. The number of hydrogen-bond acceptors (Lipinski definition) is 4. The van der Waals surface area contributed by atoms with Crippen LogP contribution in [0.2, 0.25) is 0 Å². The third-order valence-corrected chi connectivity index (χ3v) is 1.81. The Labute approximate surface area is 78.6 Å². The Morgan fingerprint density at radius 1 is 1.50 bits per heavy atom. The summed E-state index contributed by atoms with van der Waals surface area (Å²) in [6.07, 6.45) is 0. The highest BCUT2D eigenvalue weighted by atomic mass is 16.4. The second-order valence-corrected chi connectivity index (χ2v) is 2.88. The SMILES string of the molecule is Cc1nc2cc(O)cc(C(=O)O)c2o1. The van der Waals surface area contributed by atoms with Crippen LogP contribution < -0.4 is 0 Å². The van der Waals surface area contributed by atoms with Gasteiger partial charge < -0.3 is 14.6 Å². The van der Waals surface area contributed by atoms with Crippen molar-refractivity contribution in [1.82, 2.24) is 4.98 Å². The molecule has 0 spiro atoms. The van der Waals surface area contributed by atoms with Crippen LogP contribution in [0.15, 0.2) is 16.5 Å². The molecule has 0 amide bonds. The van der Waals surface area contributed by atoms with Crippen molar-refractivity contribution in [2.75, 3.05) is 0 Å². The number of carboxylic acid groups (broad SMARTS) is 1. The molecule has 2 aromatic rings. The quantitative estimate of drug-likeness (QED) is 0.717. The van der Waals surface area contributed by atoms with Crippen LogP contribution in [-0.4, -0.2) is 21.2 Å². The summed E-state index contributed by atoms with van der Waals surface area (Å²) in [5.41, 5.74) is 0.452. The molecule has 0 saturated heterocycles. The Kier molecular flexibility index (Phi) is 1.67. The highest BCUT2D eigenvalue weighted by Crippen LogP contribution is 2.25. The Morgan fingerprint density at radius 2 is 2.21 bits per heavy atom. The standard InChI is InChI=1S/C9H7NO4/c1-4-10-7-3-5(11)2-6(9(12)13)8(7)14-4/h2-3,11H,1H3,(H,12,13). The number of nitrogens with zero attached hydrogens (tertiary/aromatic N) is 1. The van der Waals surface area contributed by atoms with Crippen LogP contribution in [0.4, 0.5) is 0 Å². The van der Waals surface area contributed by atoms with Gasteiger partial charge in [0.2, 0.25) is 0 Å². The van der Waals surface area contributed by atoms with Crippen molar-refractivity contribution in [3.8, 4) is 5.75 Å². The van der Waals surface area contributed by atoms with Crippen molar-refractivity contribution in [3.05, 3.63) is 23.6 Å². The molecule has 14 heavy (non-hydrogen) atoms. The number of aromatic hydroxyl groups is 1. The fourth-order valence-electron chi connectivity index (χ4n) is 1.29. The van der Waals surface area contributed by atoms with Gasteiger partial charge in [-0.2, -0.15) is 0 Å². The van der Waals surface area contributed by atoms with Crippen molar-refractivity contribution in [2.24, 2.45) is 0 Å². The van der Waals surface area contributed by atoms with Gasteiger partial charge in [-0.05, 0) is 6.07 Å². The van der Waals surface area contributed by atoms with Gasteiger partial charge in [0.05, 0.1) is 0 Å². The third-order valence-electron chi connectivity index (χ3n) is 1.81. The van der Waals surface area contributed by atoms with E-state index in [9.17, 15) is 9.90 Å². The first-order valence-electron chi connectivity index (χ1n) is 3.91. The second-order valence-electron chi connectivity index (χ2n) is 2.88. The minimum Gasteiger partial charge on any atom is -0.508 e. The molecule has 2 rings (SSSR count). The van der Waals surface area contributed by atoms with Gasteiger partial charge >= 0.3 is 5.97 Å². The number of carboxylic acids is 1. The molecule has 0 unspecified atom stereocenters. The van der Waals surface area contributed by atoms with Crippen LogP contribution in [0.3, 0.4) is 0 Å². The Bertz CT molecular complexity index is 515. The smallest absolute Gasteiger partial charge is 0.339 e. The van der Waals surface area contributed by atoms with Crippen LogP contribution >= 0.6 is 0 Å². The lowest BCUT2D eigenvalue weighted by Gasteiger charge is -1.96. The summed E-state index contributed by atoms with van der Waals surface area (Å²) in [6, 6.07) is 2.49. The van der Waals surface area contributed by atoms with Gasteiger partial charge in [0.1, 0.15) is 16.8 Å². The average molecular weight is 193 g/mol.